The molecule has 0 spiro atoms. The van der Waals surface area contributed by atoms with Gasteiger partial charge in [0.2, 0.25) is 0 Å². The Bertz CT molecular complexity index is 867. The number of furan rings is 1. The number of imidazole rings is 1. The first kappa shape index (κ1) is 14.9. The number of pyridine rings is 1. The maximum absolute atomic E-state index is 13.2. The van der Waals surface area contributed by atoms with Crippen molar-refractivity contribution in [2.75, 3.05) is 6.54 Å². The van der Waals surface area contributed by atoms with Crippen molar-refractivity contribution in [1.82, 2.24) is 19.4 Å². The molecule has 0 saturated carbocycles. The SMILES string of the molecule is CCn1ccnc1C1CCCCN1C(=O)c1nccc2occc12. The number of carbonyl (C=O) groups is 1. The third-order valence-corrected chi connectivity index (χ3v) is 4.73. The van der Waals surface area contributed by atoms with Crippen molar-refractivity contribution in [1.29, 1.82) is 0 Å². The number of nitrogens with zero attached hydrogens (tertiary/aromatic N) is 4. The minimum atomic E-state index is -0.0441. The van der Waals surface area contributed by atoms with Gasteiger partial charge in [0.25, 0.3) is 5.91 Å². The smallest absolute Gasteiger partial charge is 0.273 e. The predicted molar refractivity (Wildman–Crippen MR) is 89.5 cm³/mol. The average Bonchev–Trinajstić information content (AvgIpc) is 3.29. The van der Waals surface area contributed by atoms with Crippen LogP contribution in [0, 0.1) is 0 Å². The number of hydrogen-bond acceptors (Lipinski definition) is 4. The molecule has 4 rings (SSSR count). The Morgan fingerprint density at radius 1 is 1.29 bits per heavy atom. The molecule has 1 saturated heterocycles. The highest BCUT2D eigenvalue weighted by Crippen LogP contribution is 2.32. The molecule has 6 nitrogen and oxygen atoms in total. The fourth-order valence-corrected chi connectivity index (χ4v) is 3.53. The van der Waals surface area contributed by atoms with Gasteiger partial charge in [0, 0.05) is 31.7 Å². The normalized spacial score (nSPS) is 18.2. The molecule has 1 aliphatic heterocycles. The summed E-state index contributed by atoms with van der Waals surface area (Å²) in [4.78, 5) is 24.0. The molecular formula is C18H20N4O2. The van der Waals surface area contributed by atoms with Crippen molar-refractivity contribution in [2.45, 2.75) is 38.8 Å². The summed E-state index contributed by atoms with van der Waals surface area (Å²) in [5.74, 6) is 0.919. The second-order valence-electron chi connectivity index (χ2n) is 6.07. The first-order valence-corrected chi connectivity index (χ1v) is 8.44. The summed E-state index contributed by atoms with van der Waals surface area (Å²) < 4.78 is 7.52. The number of carbonyl (C=O) groups excluding carboxylic acids is 1. The van der Waals surface area contributed by atoms with Crippen molar-refractivity contribution < 1.29 is 9.21 Å². The zero-order chi connectivity index (χ0) is 16.5. The molecule has 24 heavy (non-hydrogen) atoms. The van der Waals surface area contributed by atoms with Crippen LogP contribution in [-0.2, 0) is 6.54 Å². The summed E-state index contributed by atoms with van der Waals surface area (Å²) in [5.41, 5.74) is 1.15. The Kier molecular flexibility index (Phi) is 3.80. The van der Waals surface area contributed by atoms with Crippen LogP contribution in [-0.4, -0.2) is 31.9 Å². The zero-order valence-corrected chi connectivity index (χ0v) is 13.7. The standard InChI is InChI=1S/C18H20N4O2/c1-2-21-11-9-20-17(21)14-5-3-4-10-22(14)18(23)16-13-7-12-24-15(13)6-8-19-16/h6-9,11-12,14H,2-5,10H2,1H3. The van der Waals surface area contributed by atoms with E-state index in [-0.39, 0.29) is 11.9 Å². The van der Waals surface area contributed by atoms with Gasteiger partial charge in [0.05, 0.1) is 17.7 Å². The van der Waals surface area contributed by atoms with Crippen LogP contribution >= 0.6 is 0 Å². The van der Waals surface area contributed by atoms with Crippen LogP contribution in [0.15, 0.2) is 41.4 Å². The maximum Gasteiger partial charge on any atom is 0.273 e. The van der Waals surface area contributed by atoms with E-state index in [1.54, 1.807) is 18.5 Å². The second kappa shape index (κ2) is 6.11. The summed E-state index contributed by atoms with van der Waals surface area (Å²) in [6.07, 6.45) is 10.1. The number of rotatable bonds is 3. The first-order chi connectivity index (χ1) is 11.8. The van der Waals surface area contributed by atoms with Gasteiger partial charge in [-0.15, -0.1) is 0 Å². The minimum absolute atomic E-state index is 0.00478. The Morgan fingerprint density at radius 2 is 2.21 bits per heavy atom. The van der Waals surface area contributed by atoms with E-state index in [1.807, 2.05) is 23.4 Å². The van der Waals surface area contributed by atoms with Crippen molar-refractivity contribution in [3.63, 3.8) is 0 Å². The van der Waals surface area contributed by atoms with Crippen LogP contribution in [0.5, 0.6) is 0 Å². The molecule has 3 aromatic heterocycles. The number of fused-ring (bicyclic) bond motifs is 1. The Morgan fingerprint density at radius 3 is 3.08 bits per heavy atom. The number of likely N-dealkylation sites (tertiary alicyclic amines) is 1. The van der Waals surface area contributed by atoms with E-state index in [2.05, 4.69) is 21.5 Å². The van der Waals surface area contributed by atoms with Crippen molar-refractivity contribution in [3.8, 4) is 0 Å². The molecule has 0 radical (unpaired) electrons. The summed E-state index contributed by atoms with van der Waals surface area (Å²) >= 11 is 0. The van der Waals surface area contributed by atoms with Crippen molar-refractivity contribution in [2.24, 2.45) is 0 Å². The molecule has 4 heterocycles. The van der Waals surface area contributed by atoms with E-state index in [0.29, 0.717) is 11.3 Å². The van der Waals surface area contributed by atoms with E-state index in [0.717, 1.165) is 43.6 Å². The van der Waals surface area contributed by atoms with Gasteiger partial charge in [-0.3, -0.25) is 9.78 Å². The highest BCUT2D eigenvalue weighted by molar-refractivity contribution is 6.04. The number of aryl methyl sites for hydroxylation is 1. The lowest BCUT2D eigenvalue weighted by Gasteiger charge is -2.35. The molecule has 1 unspecified atom stereocenters. The monoisotopic (exact) mass is 324 g/mol. The highest BCUT2D eigenvalue weighted by Gasteiger charge is 2.32. The van der Waals surface area contributed by atoms with Crippen LogP contribution in [0.1, 0.15) is 48.5 Å². The molecule has 1 atom stereocenters. The van der Waals surface area contributed by atoms with Gasteiger partial charge in [-0.25, -0.2) is 4.98 Å². The zero-order valence-electron chi connectivity index (χ0n) is 13.7. The highest BCUT2D eigenvalue weighted by atomic mass is 16.3. The second-order valence-corrected chi connectivity index (χ2v) is 6.07. The third kappa shape index (κ3) is 2.38. The predicted octanol–water partition coefficient (Wildman–Crippen LogP) is 3.41. The molecule has 3 aromatic rings. The number of piperidine rings is 1. The lowest BCUT2D eigenvalue weighted by molar-refractivity contribution is 0.0591. The molecule has 1 fully saturated rings. The van der Waals surface area contributed by atoms with Crippen LogP contribution in [0.2, 0.25) is 0 Å². The molecule has 0 aromatic carbocycles. The maximum atomic E-state index is 13.2. The molecule has 0 bridgehead atoms. The molecule has 1 amide bonds. The number of hydrogen-bond donors (Lipinski definition) is 0. The molecule has 0 aliphatic carbocycles. The summed E-state index contributed by atoms with van der Waals surface area (Å²) in [6, 6.07) is 3.59. The Labute approximate surface area is 140 Å². The van der Waals surface area contributed by atoms with Crippen molar-refractivity contribution in [3.05, 3.63) is 48.5 Å². The van der Waals surface area contributed by atoms with E-state index in [9.17, 15) is 4.79 Å². The molecule has 6 heteroatoms. The first-order valence-electron chi connectivity index (χ1n) is 8.44. The summed E-state index contributed by atoms with van der Waals surface area (Å²) in [7, 11) is 0. The fraction of sp³-hybridized carbons (Fsp3) is 0.389. The van der Waals surface area contributed by atoms with Gasteiger partial charge in [0.15, 0.2) is 0 Å². The molecule has 1 aliphatic rings. The van der Waals surface area contributed by atoms with Crippen LogP contribution < -0.4 is 0 Å². The fourth-order valence-electron chi connectivity index (χ4n) is 3.53. The van der Waals surface area contributed by atoms with E-state index in [4.69, 9.17) is 4.42 Å². The topological polar surface area (TPSA) is 64.2 Å². The quantitative estimate of drug-likeness (QED) is 0.740. The molecule has 124 valence electrons. The van der Waals surface area contributed by atoms with Gasteiger partial charge in [-0.1, -0.05) is 0 Å². The Hall–Kier alpha value is -2.63. The van der Waals surface area contributed by atoms with E-state index < -0.39 is 0 Å². The van der Waals surface area contributed by atoms with Gasteiger partial charge >= 0.3 is 0 Å². The van der Waals surface area contributed by atoms with Crippen LogP contribution in [0.25, 0.3) is 11.0 Å². The van der Waals surface area contributed by atoms with Gasteiger partial charge < -0.3 is 13.9 Å². The molecule has 0 N–H and O–H groups in total. The summed E-state index contributed by atoms with van der Waals surface area (Å²) in [6.45, 7) is 3.67. The third-order valence-electron chi connectivity index (χ3n) is 4.73. The van der Waals surface area contributed by atoms with Crippen molar-refractivity contribution >= 4 is 16.9 Å². The van der Waals surface area contributed by atoms with Gasteiger partial charge in [-0.05, 0) is 38.3 Å². The summed E-state index contributed by atoms with van der Waals surface area (Å²) in [5, 5.41) is 0.769. The largest absolute Gasteiger partial charge is 0.464 e. The van der Waals surface area contributed by atoms with E-state index >= 15 is 0 Å². The van der Waals surface area contributed by atoms with Crippen LogP contribution in [0.4, 0.5) is 0 Å². The average molecular weight is 324 g/mol. The van der Waals surface area contributed by atoms with Crippen LogP contribution in [0.3, 0.4) is 0 Å². The number of aromatic nitrogens is 3. The van der Waals surface area contributed by atoms with Gasteiger partial charge in [0.1, 0.15) is 17.1 Å². The van der Waals surface area contributed by atoms with Gasteiger partial charge in [-0.2, -0.15) is 0 Å². The minimum Gasteiger partial charge on any atom is -0.464 e. The lowest BCUT2D eigenvalue weighted by Crippen LogP contribution is -2.40. The van der Waals surface area contributed by atoms with E-state index in [1.165, 1.54) is 0 Å². The molecular weight excluding hydrogens is 304 g/mol. The number of amides is 1. The Balaban J connectivity index is 1.73. The lowest BCUT2D eigenvalue weighted by atomic mass is 10.0.